The summed E-state index contributed by atoms with van der Waals surface area (Å²) in [6.07, 6.45) is -2.20. The van der Waals surface area contributed by atoms with Gasteiger partial charge in [-0.25, -0.2) is 4.98 Å². The molecule has 0 spiro atoms. The van der Waals surface area contributed by atoms with E-state index in [9.17, 15) is 22.8 Å². The van der Waals surface area contributed by atoms with Crippen LogP contribution in [0.15, 0.2) is 54.6 Å². The molecule has 0 atom stereocenters. The number of halogens is 3. The SMILES string of the molecule is COc1cc(C(=O)N2CCC(c3ccc(NC(=O)Cc4ccc5c(c4)CCO5)cc3)CC2)cc(C(F)(F)F)n1. The van der Waals surface area contributed by atoms with Crippen LogP contribution < -0.4 is 14.8 Å². The fourth-order valence-corrected chi connectivity index (χ4v) is 5.06. The van der Waals surface area contributed by atoms with Crippen molar-refractivity contribution in [3.8, 4) is 11.6 Å². The van der Waals surface area contributed by atoms with Crippen LogP contribution in [0.5, 0.6) is 11.6 Å². The van der Waals surface area contributed by atoms with E-state index in [0.717, 1.165) is 34.9 Å². The molecule has 0 aliphatic carbocycles. The molecule has 3 heterocycles. The molecule has 0 unspecified atom stereocenters. The van der Waals surface area contributed by atoms with E-state index >= 15 is 0 Å². The molecule has 7 nitrogen and oxygen atoms in total. The Morgan fingerprint density at radius 1 is 1.08 bits per heavy atom. The molecule has 0 bridgehead atoms. The Kier molecular flexibility index (Phi) is 7.45. The van der Waals surface area contributed by atoms with Gasteiger partial charge in [-0.05, 0) is 59.7 Å². The molecule has 1 fully saturated rings. The Balaban J connectivity index is 1.15. The fraction of sp³-hybridized carbons (Fsp3) is 0.345. The number of anilines is 1. The van der Waals surface area contributed by atoms with E-state index in [0.29, 0.717) is 38.2 Å². The average molecular weight is 540 g/mol. The van der Waals surface area contributed by atoms with Crippen molar-refractivity contribution in [3.63, 3.8) is 0 Å². The first-order valence-corrected chi connectivity index (χ1v) is 12.8. The number of carbonyl (C=O) groups is 2. The number of nitrogens with zero attached hydrogens (tertiary/aromatic N) is 2. The maximum absolute atomic E-state index is 13.2. The molecule has 1 N–H and O–H groups in total. The smallest absolute Gasteiger partial charge is 0.433 e. The van der Waals surface area contributed by atoms with Crippen LogP contribution in [0.1, 0.15) is 51.5 Å². The van der Waals surface area contributed by atoms with E-state index < -0.39 is 17.8 Å². The van der Waals surface area contributed by atoms with Crippen LogP contribution in [-0.2, 0) is 23.8 Å². The van der Waals surface area contributed by atoms with E-state index in [1.54, 1.807) is 4.90 Å². The van der Waals surface area contributed by atoms with Gasteiger partial charge in [-0.1, -0.05) is 24.3 Å². The van der Waals surface area contributed by atoms with Crippen LogP contribution in [0.25, 0.3) is 0 Å². The zero-order valence-corrected chi connectivity index (χ0v) is 21.4. The van der Waals surface area contributed by atoms with Crippen molar-refractivity contribution in [1.82, 2.24) is 9.88 Å². The molecule has 1 saturated heterocycles. The second-order valence-corrected chi connectivity index (χ2v) is 9.74. The first-order valence-electron chi connectivity index (χ1n) is 12.8. The number of nitrogens with one attached hydrogen (secondary N) is 1. The van der Waals surface area contributed by atoms with E-state index in [-0.39, 0.29) is 29.7 Å². The van der Waals surface area contributed by atoms with Gasteiger partial charge in [-0.15, -0.1) is 0 Å². The minimum atomic E-state index is -4.68. The van der Waals surface area contributed by atoms with E-state index in [1.165, 1.54) is 13.2 Å². The third-order valence-electron chi connectivity index (χ3n) is 7.11. The number of likely N-dealkylation sites (tertiary alicyclic amines) is 1. The Morgan fingerprint density at radius 2 is 1.82 bits per heavy atom. The largest absolute Gasteiger partial charge is 0.493 e. The van der Waals surface area contributed by atoms with Crippen molar-refractivity contribution in [2.45, 2.75) is 37.8 Å². The van der Waals surface area contributed by atoms with Gasteiger partial charge in [0.15, 0.2) is 0 Å². The van der Waals surface area contributed by atoms with Gasteiger partial charge in [0.2, 0.25) is 11.8 Å². The van der Waals surface area contributed by atoms with Gasteiger partial charge in [-0.2, -0.15) is 13.2 Å². The molecule has 5 rings (SSSR count). The Bertz CT molecular complexity index is 1370. The number of piperidine rings is 1. The van der Waals surface area contributed by atoms with Crippen molar-refractivity contribution in [3.05, 3.63) is 82.5 Å². The van der Waals surface area contributed by atoms with E-state index in [1.807, 2.05) is 42.5 Å². The molecule has 1 aromatic heterocycles. The Morgan fingerprint density at radius 3 is 2.51 bits per heavy atom. The van der Waals surface area contributed by atoms with Crippen molar-refractivity contribution in [2.75, 3.05) is 32.1 Å². The molecule has 39 heavy (non-hydrogen) atoms. The minimum Gasteiger partial charge on any atom is -0.493 e. The standard InChI is InChI=1S/C29H28F3N3O4/c1-38-27-17-22(16-25(34-27)29(30,31)32)28(37)35-11-8-20(9-12-35)19-3-5-23(6-4-19)33-26(36)15-18-2-7-24-21(14-18)10-13-39-24/h2-7,14,16-17,20H,8-13,15H2,1H3,(H,33,36). The number of hydrogen-bond donors (Lipinski definition) is 1. The van der Waals surface area contributed by atoms with Crippen LogP contribution in [-0.4, -0.2) is 48.5 Å². The normalized spacial score (nSPS) is 15.4. The van der Waals surface area contributed by atoms with Gasteiger partial charge in [0.05, 0.1) is 20.1 Å². The lowest BCUT2D eigenvalue weighted by molar-refractivity contribution is -0.141. The molecule has 204 valence electrons. The lowest BCUT2D eigenvalue weighted by Gasteiger charge is -2.32. The lowest BCUT2D eigenvalue weighted by atomic mass is 9.89. The summed E-state index contributed by atoms with van der Waals surface area (Å²) in [5.41, 5.74) is 2.60. The van der Waals surface area contributed by atoms with E-state index in [2.05, 4.69) is 10.3 Å². The fourth-order valence-electron chi connectivity index (χ4n) is 5.06. The number of rotatable bonds is 6. The van der Waals surface area contributed by atoms with Gasteiger partial charge >= 0.3 is 6.18 Å². The third-order valence-corrected chi connectivity index (χ3v) is 7.11. The summed E-state index contributed by atoms with van der Waals surface area (Å²) in [4.78, 5) is 30.5. The van der Waals surface area contributed by atoms with Gasteiger partial charge in [0.1, 0.15) is 11.4 Å². The molecule has 2 aliphatic heterocycles. The van der Waals surface area contributed by atoms with Crippen LogP contribution >= 0.6 is 0 Å². The topological polar surface area (TPSA) is 80.8 Å². The predicted octanol–water partition coefficient (Wildman–Crippen LogP) is 5.24. The third kappa shape index (κ3) is 6.16. The molecular formula is C29H28F3N3O4. The molecule has 3 aromatic rings. The number of ether oxygens (including phenoxy) is 2. The van der Waals surface area contributed by atoms with Gasteiger partial charge in [-0.3, -0.25) is 9.59 Å². The molecule has 2 aromatic carbocycles. The van der Waals surface area contributed by atoms with Crippen molar-refractivity contribution in [2.24, 2.45) is 0 Å². The highest BCUT2D eigenvalue weighted by molar-refractivity contribution is 5.95. The van der Waals surface area contributed by atoms with Crippen molar-refractivity contribution < 1.29 is 32.2 Å². The van der Waals surface area contributed by atoms with E-state index in [4.69, 9.17) is 9.47 Å². The monoisotopic (exact) mass is 539 g/mol. The van der Waals surface area contributed by atoms with Gasteiger partial charge in [0.25, 0.3) is 5.91 Å². The summed E-state index contributed by atoms with van der Waals surface area (Å²) in [7, 11) is 1.21. The minimum absolute atomic E-state index is 0.0964. The number of amides is 2. The highest BCUT2D eigenvalue weighted by Gasteiger charge is 2.35. The molecule has 0 saturated carbocycles. The van der Waals surface area contributed by atoms with Gasteiger partial charge in [0, 0.05) is 36.8 Å². The number of benzene rings is 2. The molecule has 2 aliphatic rings. The summed E-state index contributed by atoms with van der Waals surface area (Å²) < 4.78 is 50.0. The Hall–Kier alpha value is -4.08. The number of alkyl halides is 3. The molecule has 0 radical (unpaired) electrons. The zero-order valence-electron chi connectivity index (χ0n) is 21.4. The number of pyridine rings is 1. The zero-order chi connectivity index (χ0) is 27.6. The van der Waals surface area contributed by atoms with Crippen LogP contribution in [0, 0.1) is 0 Å². The second kappa shape index (κ2) is 11.0. The van der Waals surface area contributed by atoms with Crippen LogP contribution in [0.3, 0.4) is 0 Å². The van der Waals surface area contributed by atoms with Crippen LogP contribution in [0.2, 0.25) is 0 Å². The quantitative estimate of drug-likeness (QED) is 0.463. The summed E-state index contributed by atoms with van der Waals surface area (Å²) in [6, 6.07) is 15.5. The molecule has 10 heteroatoms. The first kappa shape index (κ1) is 26.5. The number of aromatic nitrogens is 1. The number of hydrogen-bond acceptors (Lipinski definition) is 5. The summed E-state index contributed by atoms with van der Waals surface area (Å²) >= 11 is 0. The molecular weight excluding hydrogens is 511 g/mol. The van der Waals surface area contributed by atoms with Crippen molar-refractivity contribution >= 4 is 17.5 Å². The van der Waals surface area contributed by atoms with Gasteiger partial charge < -0.3 is 19.7 Å². The number of methoxy groups -OCH3 is 1. The second-order valence-electron chi connectivity index (χ2n) is 9.74. The lowest BCUT2D eigenvalue weighted by Crippen LogP contribution is -2.38. The summed E-state index contributed by atoms with van der Waals surface area (Å²) in [6.45, 7) is 1.51. The predicted molar refractivity (Wildman–Crippen MR) is 138 cm³/mol. The maximum Gasteiger partial charge on any atom is 0.433 e. The first-order chi connectivity index (χ1) is 18.7. The number of carbonyl (C=O) groups excluding carboxylic acids is 2. The molecule has 2 amide bonds. The average Bonchev–Trinajstić information content (AvgIpc) is 3.40. The number of fused-ring (bicyclic) bond motifs is 1. The highest BCUT2D eigenvalue weighted by Crippen LogP contribution is 2.33. The van der Waals surface area contributed by atoms with Crippen molar-refractivity contribution in [1.29, 1.82) is 0 Å². The summed E-state index contributed by atoms with van der Waals surface area (Å²) in [5.74, 6) is 0.254. The maximum atomic E-state index is 13.2. The highest BCUT2D eigenvalue weighted by atomic mass is 19.4. The Labute approximate surface area is 223 Å². The van der Waals surface area contributed by atoms with Crippen LogP contribution in [0.4, 0.5) is 18.9 Å². The summed E-state index contributed by atoms with van der Waals surface area (Å²) in [5, 5.41) is 2.93.